The average Bonchev–Trinajstić information content (AvgIpc) is 3.85. The van der Waals surface area contributed by atoms with Gasteiger partial charge in [-0.05, 0) is 103 Å². The minimum Gasteiger partial charge on any atom is -0.248 e. The number of hydrogen-bond donors (Lipinski definition) is 0. The van der Waals surface area contributed by atoms with Crippen LogP contribution in [0.15, 0.2) is 237 Å². The van der Waals surface area contributed by atoms with Crippen LogP contribution in [0.5, 0.6) is 0 Å². The number of fused-ring (bicyclic) bond motifs is 11. The Kier molecular flexibility index (Phi) is 8.44. The molecule has 13 rings (SSSR count). The van der Waals surface area contributed by atoms with Gasteiger partial charge in [0.15, 0.2) is 5.82 Å². The van der Waals surface area contributed by atoms with Gasteiger partial charge in [-0.15, -0.1) is 0 Å². The second kappa shape index (κ2) is 14.8. The molecule has 2 aliphatic carbocycles. The smallest absolute Gasteiger partial charge is 0.160 e. The van der Waals surface area contributed by atoms with Crippen molar-refractivity contribution in [3.8, 4) is 89.7 Å². The zero-order valence-corrected chi connectivity index (χ0v) is 35.4. The second-order valence-electron chi connectivity index (χ2n) is 17.1. The quantitative estimate of drug-likeness (QED) is 0.168. The normalized spacial score (nSPS) is 12.7. The maximum atomic E-state index is 5.51. The van der Waals surface area contributed by atoms with Crippen LogP contribution in [0.4, 0.5) is 0 Å². The minimum absolute atomic E-state index is 0.461. The Bertz CT molecular complexity index is 3610. The van der Waals surface area contributed by atoms with Crippen LogP contribution in [-0.2, 0) is 5.41 Å². The van der Waals surface area contributed by atoms with Gasteiger partial charge in [-0.3, -0.25) is 0 Å². The van der Waals surface area contributed by atoms with Crippen molar-refractivity contribution in [2.45, 2.75) is 5.41 Å². The highest BCUT2D eigenvalue weighted by molar-refractivity contribution is 6.04. The number of pyridine rings is 1. The lowest BCUT2D eigenvalue weighted by Gasteiger charge is -2.30. The molecule has 0 aliphatic heterocycles. The summed E-state index contributed by atoms with van der Waals surface area (Å²) in [7, 11) is 0. The van der Waals surface area contributed by atoms with Crippen LogP contribution in [0.25, 0.3) is 101 Å². The second-order valence-corrected chi connectivity index (χ2v) is 17.1. The van der Waals surface area contributed by atoms with Crippen molar-refractivity contribution < 1.29 is 0 Å². The summed E-state index contributed by atoms with van der Waals surface area (Å²) in [5.74, 6) is 0.672. The van der Waals surface area contributed by atoms with Crippen molar-refractivity contribution >= 4 is 10.9 Å². The predicted molar refractivity (Wildman–Crippen MR) is 266 cm³/mol. The summed E-state index contributed by atoms with van der Waals surface area (Å²) in [5.41, 5.74) is 22.1. The highest BCUT2D eigenvalue weighted by Crippen LogP contribution is 2.63. The molecule has 2 aliphatic rings. The number of benzene rings is 9. The fraction of sp³-hybridized carbons (Fsp3) is 0.0161. The predicted octanol–water partition coefficient (Wildman–Crippen LogP) is 15.4. The van der Waals surface area contributed by atoms with Crippen molar-refractivity contribution in [2.75, 3.05) is 0 Å². The fourth-order valence-corrected chi connectivity index (χ4v) is 10.6. The standard InChI is InChI=1S/C62H39N3/c1-4-18-40(19-5-1)43-24-16-26-45(34-43)59-39-58(42-22-8-3-9-23-42)64-61(65-59)46-27-17-25-44(35-46)50-37-57(41-20-6-2-7-21-41)63-60-38-56-51(36-52(50)60)49-30-12-15-33-55(49)62(56)53-31-13-10-28-47(53)48-29-11-14-32-54(48)62/h1-39H. The Morgan fingerprint density at radius 3 is 1.31 bits per heavy atom. The molecule has 65 heavy (non-hydrogen) atoms. The van der Waals surface area contributed by atoms with E-state index in [4.69, 9.17) is 15.0 Å². The molecule has 0 radical (unpaired) electrons. The maximum absolute atomic E-state index is 5.51. The number of nitrogens with zero attached hydrogens (tertiary/aromatic N) is 3. The lowest BCUT2D eigenvalue weighted by molar-refractivity contribution is 0.794. The first-order chi connectivity index (χ1) is 32.2. The van der Waals surface area contributed by atoms with Gasteiger partial charge in [-0.25, -0.2) is 15.0 Å². The summed E-state index contributed by atoms with van der Waals surface area (Å²) in [6.07, 6.45) is 0. The molecule has 3 heteroatoms. The van der Waals surface area contributed by atoms with Gasteiger partial charge in [-0.2, -0.15) is 0 Å². The van der Waals surface area contributed by atoms with Crippen LogP contribution in [0.2, 0.25) is 0 Å². The molecule has 0 N–H and O–H groups in total. The Morgan fingerprint density at radius 1 is 0.246 bits per heavy atom. The van der Waals surface area contributed by atoms with Crippen molar-refractivity contribution in [2.24, 2.45) is 0 Å². The first-order valence-corrected chi connectivity index (χ1v) is 22.3. The van der Waals surface area contributed by atoms with Gasteiger partial charge in [0.1, 0.15) is 0 Å². The van der Waals surface area contributed by atoms with E-state index in [1.54, 1.807) is 0 Å². The van der Waals surface area contributed by atoms with Gasteiger partial charge in [0.2, 0.25) is 0 Å². The van der Waals surface area contributed by atoms with Crippen molar-refractivity contribution in [1.29, 1.82) is 0 Å². The number of rotatable bonds is 6. The molecule has 2 heterocycles. The SMILES string of the molecule is c1ccc(-c2cccc(-c3cc(-c4ccccc4)nc(-c4cccc(-c5cc(-c6ccccc6)nc6cc7c(cc56)-c5ccccc5C75c6ccccc6-c6ccccc65)c4)n3)c2)cc1. The van der Waals surface area contributed by atoms with Gasteiger partial charge in [0.25, 0.3) is 0 Å². The monoisotopic (exact) mass is 825 g/mol. The number of hydrogen-bond acceptors (Lipinski definition) is 3. The van der Waals surface area contributed by atoms with E-state index in [-0.39, 0.29) is 0 Å². The van der Waals surface area contributed by atoms with E-state index in [0.29, 0.717) is 5.82 Å². The minimum atomic E-state index is -0.461. The highest BCUT2D eigenvalue weighted by Gasteiger charge is 2.51. The van der Waals surface area contributed by atoms with Gasteiger partial charge >= 0.3 is 0 Å². The molecule has 0 amide bonds. The van der Waals surface area contributed by atoms with Crippen LogP contribution >= 0.6 is 0 Å². The zero-order valence-electron chi connectivity index (χ0n) is 35.4. The van der Waals surface area contributed by atoms with E-state index >= 15 is 0 Å². The summed E-state index contributed by atoms with van der Waals surface area (Å²) in [4.78, 5) is 16.1. The highest BCUT2D eigenvalue weighted by atomic mass is 14.9. The first-order valence-electron chi connectivity index (χ1n) is 22.3. The van der Waals surface area contributed by atoms with E-state index in [1.807, 2.05) is 6.07 Å². The van der Waals surface area contributed by atoms with E-state index in [0.717, 1.165) is 66.9 Å². The topological polar surface area (TPSA) is 38.7 Å². The molecule has 0 fully saturated rings. The van der Waals surface area contributed by atoms with Gasteiger partial charge in [-0.1, -0.05) is 200 Å². The molecule has 2 aromatic heterocycles. The molecule has 3 nitrogen and oxygen atoms in total. The summed E-state index contributed by atoms with van der Waals surface area (Å²) >= 11 is 0. The molecule has 1 spiro atoms. The number of aromatic nitrogens is 3. The van der Waals surface area contributed by atoms with Crippen LogP contribution in [0, 0.1) is 0 Å². The first kappa shape index (κ1) is 37.1. The lowest BCUT2D eigenvalue weighted by atomic mass is 9.70. The summed E-state index contributed by atoms with van der Waals surface area (Å²) < 4.78 is 0. The molecule has 0 saturated heterocycles. The Hall–Kier alpha value is -8.53. The van der Waals surface area contributed by atoms with Gasteiger partial charge in [0.05, 0.1) is 28.0 Å². The summed E-state index contributed by atoms with van der Waals surface area (Å²) in [6.45, 7) is 0. The summed E-state index contributed by atoms with van der Waals surface area (Å²) in [5, 5.41) is 1.10. The van der Waals surface area contributed by atoms with Gasteiger partial charge in [0, 0.05) is 27.6 Å². The molecule has 0 saturated carbocycles. The van der Waals surface area contributed by atoms with E-state index in [9.17, 15) is 0 Å². The zero-order chi connectivity index (χ0) is 42.9. The Morgan fingerprint density at radius 2 is 0.692 bits per heavy atom. The fourth-order valence-electron chi connectivity index (χ4n) is 10.6. The molecule has 0 atom stereocenters. The van der Waals surface area contributed by atoms with Crippen LogP contribution in [0.3, 0.4) is 0 Å². The van der Waals surface area contributed by atoms with E-state index in [1.165, 1.54) is 50.1 Å². The van der Waals surface area contributed by atoms with Crippen LogP contribution < -0.4 is 0 Å². The van der Waals surface area contributed by atoms with Crippen LogP contribution in [0.1, 0.15) is 22.3 Å². The van der Waals surface area contributed by atoms with Crippen molar-refractivity contribution in [3.63, 3.8) is 0 Å². The largest absolute Gasteiger partial charge is 0.248 e. The van der Waals surface area contributed by atoms with Crippen molar-refractivity contribution in [3.05, 3.63) is 259 Å². The molecular weight excluding hydrogens is 787 g/mol. The molecule has 11 aromatic rings. The third kappa shape index (κ3) is 5.86. The lowest BCUT2D eigenvalue weighted by Crippen LogP contribution is -2.25. The average molecular weight is 826 g/mol. The molecule has 0 bridgehead atoms. The molecular formula is C62H39N3. The van der Waals surface area contributed by atoms with Gasteiger partial charge < -0.3 is 0 Å². The third-order valence-corrected chi connectivity index (χ3v) is 13.5. The molecule has 0 unspecified atom stereocenters. The third-order valence-electron chi connectivity index (χ3n) is 13.5. The van der Waals surface area contributed by atoms with Crippen LogP contribution in [-0.4, -0.2) is 15.0 Å². The molecule has 9 aromatic carbocycles. The van der Waals surface area contributed by atoms with E-state index in [2.05, 4.69) is 231 Å². The Balaban J connectivity index is 1.02. The van der Waals surface area contributed by atoms with Crippen molar-refractivity contribution in [1.82, 2.24) is 15.0 Å². The molecule has 302 valence electrons. The maximum Gasteiger partial charge on any atom is 0.160 e. The van der Waals surface area contributed by atoms with E-state index < -0.39 is 5.41 Å². The Labute approximate surface area is 378 Å². The summed E-state index contributed by atoms with van der Waals surface area (Å²) in [6, 6.07) is 85.0.